The van der Waals surface area contributed by atoms with Gasteiger partial charge in [0.1, 0.15) is 16.6 Å². The van der Waals surface area contributed by atoms with Gasteiger partial charge in [-0.1, -0.05) is 11.6 Å². The number of carbonyl (C=O) groups is 2. The molecule has 0 fully saturated rings. The Labute approximate surface area is 140 Å². The standard InChI is InChI=1S/C13H11Cl2N5O3/c1-23-7-3-2-5(11(17)21)4-6(7)18-12(22)9-8(14)10(16)20-13(15)19-9/h2-4H,1H3,(H2,17,21)(H,18,22)(H2,16,19,20). The minimum atomic E-state index is -0.703. The molecule has 120 valence electrons. The fraction of sp³-hybridized carbons (Fsp3) is 0.0769. The summed E-state index contributed by atoms with van der Waals surface area (Å²) in [5.74, 6) is -1.18. The summed E-state index contributed by atoms with van der Waals surface area (Å²) >= 11 is 11.6. The molecule has 2 aromatic rings. The molecule has 23 heavy (non-hydrogen) atoms. The molecule has 0 aliphatic heterocycles. The lowest BCUT2D eigenvalue weighted by Crippen LogP contribution is -2.17. The predicted molar refractivity (Wildman–Crippen MR) is 85.9 cm³/mol. The molecular formula is C13H11Cl2N5O3. The van der Waals surface area contributed by atoms with E-state index in [4.69, 9.17) is 39.4 Å². The van der Waals surface area contributed by atoms with E-state index in [0.717, 1.165) is 0 Å². The number of anilines is 2. The number of hydrogen-bond donors (Lipinski definition) is 3. The van der Waals surface area contributed by atoms with Crippen LogP contribution in [0.2, 0.25) is 10.3 Å². The molecular weight excluding hydrogens is 345 g/mol. The highest BCUT2D eigenvalue weighted by molar-refractivity contribution is 6.37. The maximum Gasteiger partial charge on any atom is 0.276 e. The first-order valence-corrected chi connectivity index (χ1v) is 6.86. The van der Waals surface area contributed by atoms with E-state index in [9.17, 15) is 9.59 Å². The van der Waals surface area contributed by atoms with Crippen molar-refractivity contribution in [2.24, 2.45) is 5.73 Å². The highest BCUT2D eigenvalue weighted by Gasteiger charge is 2.19. The molecule has 0 spiro atoms. The Kier molecular flexibility index (Phi) is 4.87. The number of hydrogen-bond acceptors (Lipinski definition) is 6. The Morgan fingerprint density at radius 1 is 1.26 bits per heavy atom. The molecule has 1 aromatic carbocycles. The number of nitrogens with zero attached hydrogens (tertiary/aromatic N) is 2. The third kappa shape index (κ3) is 3.61. The Bertz CT molecular complexity index is 797. The molecule has 0 saturated heterocycles. The van der Waals surface area contributed by atoms with Crippen LogP contribution in [0.1, 0.15) is 20.8 Å². The number of rotatable bonds is 4. The highest BCUT2D eigenvalue weighted by Crippen LogP contribution is 2.28. The van der Waals surface area contributed by atoms with Gasteiger partial charge in [0.05, 0.1) is 12.8 Å². The number of aromatic nitrogens is 2. The second-order valence-corrected chi connectivity index (χ2v) is 4.99. The number of ether oxygens (including phenoxy) is 1. The van der Waals surface area contributed by atoms with Crippen LogP contribution >= 0.6 is 23.2 Å². The van der Waals surface area contributed by atoms with Crippen molar-refractivity contribution in [3.05, 3.63) is 39.8 Å². The average Bonchev–Trinajstić information content (AvgIpc) is 2.50. The van der Waals surface area contributed by atoms with Crippen molar-refractivity contribution in [3.8, 4) is 5.75 Å². The van der Waals surface area contributed by atoms with E-state index in [-0.39, 0.29) is 33.1 Å². The number of nitrogen functional groups attached to an aromatic ring is 1. The average molecular weight is 356 g/mol. The summed E-state index contributed by atoms with van der Waals surface area (Å²) in [6, 6.07) is 4.31. The van der Waals surface area contributed by atoms with Gasteiger partial charge in [0.25, 0.3) is 5.91 Å². The summed E-state index contributed by atoms with van der Waals surface area (Å²) in [5.41, 5.74) is 10.9. The number of benzene rings is 1. The summed E-state index contributed by atoms with van der Waals surface area (Å²) in [5, 5.41) is 2.14. The molecule has 0 radical (unpaired) electrons. The molecule has 2 amide bonds. The largest absolute Gasteiger partial charge is 0.495 e. The third-order valence-electron chi connectivity index (χ3n) is 2.80. The Morgan fingerprint density at radius 2 is 1.96 bits per heavy atom. The van der Waals surface area contributed by atoms with Gasteiger partial charge in [-0.15, -0.1) is 0 Å². The van der Waals surface area contributed by atoms with Crippen molar-refractivity contribution in [1.82, 2.24) is 9.97 Å². The maximum atomic E-state index is 12.3. The zero-order chi connectivity index (χ0) is 17.1. The summed E-state index contributed by atoms with van der Waals surface area (Å²) in [4.78, 5) is 30.9. The number of methoxy groups -OCH3 is 1. The van der Waals surface area contributed by atoms with E-state index in [2.05, 4.69) is 15.3 Å². The maximum absolute atomic E-state index is 12.3. The topological polar surface area (TPSA) is 133 Å². The van der Waals surface area contributed by atoms with E-state index in [0.29, 0.717) is 5.75 Å². The second kappa shape index (κ2) is 6.67. The molecule has 0 unspecified atom stereocenters. The Hall–Kier alpha value is -2.58. The number of carbonyl (C=O) groups excluding carboxylic acids is 2. The molecule has 1 aromatic heterocycles. The summed E-state index contributed by atoms with van der Waals surface area (Å²) < 4.78 is 5.11. The van der Waals surface area contributed by atoms with Crippen LogP contribution in [0, 0.1) is 0 Å². The summed E-state index contributed by atoms with van der Waals surface area (Å²) in [6.45, 7) is 0. The first-order chi connectivity index (χ1) is 10.8. The van der Waals surface area contributed by atoms with E-state index in [1.54, 1.807) is 0 Å². The number of amides is 2. The minimum Gasteiger partial charge on any atom is -0.495 e. The van der Waals surface area contributed by atoms with Gasteiger partial charge in [-0.2, -0.15) is 4.98 Å². The lowest BCUT2D eigenvalue weighted by molar-refractivity contribution is 0.0995. The van der Waals surface area contributed by atoms with Gasteiger partial charge < -0.3 is 21.5 Å². The van der Waals surface area contributed by atoms with E-state index in [1.165, 1.54) is 25.3 Å². The molecule has 5 N–H and O–H groups in total. The number of nitrogens with one attached hydrogen (secondary N) is 1. The van der Waals surface area contributed by atoms with Gasteiger partial charge in [-0.25, -0.2) is 4.98 Å². The van der Waals surface area contributed by atoms with Crippen LogP contribution in [0.4, 0.5) is 11.5 Å². The molecule has 0 atom stereocenters. The van der Waals surface area contributed by atoms with Crippen molar-refractivity contribution >= 4 is 46.5 Å². The Morgan fingerprint density at radius 3 is 2.57 bits per heavy atom. The number of halogens is 2. The van der Waals surface area contributed by atoms with Gasteiger partial charge in [0.2, 0.25) is 11.2 Å². The Balaban J connectivity index is 2.40. The lowest BCUT2D eigenvalue weighted by atomic mass is 10.1. The normalized spacial score (nSPS) is 10.2. The van der Waals surface area contributed by atoms with Crippen molar-refractivity contribution in [1.29, 1.82) is 0 Å². The van der Waals surface area contributed by atoms with Crippen LogP contribution < -0.4 is 21.5 Å². The molecule has 0 bridgehead atoms. The van der Waals surface area contributed by atoms with Gasteiger partial charge >= 0.3 is 0 Å². The van der Waals surface area contributed by atoms with Crippen LogP contribution in [0.3, 0.4) is 0 Å². The number of nitrogens with two attached hydrogens (primary N) is 2. The van der Waals surface area contributed by atoms with Crippen molar-refractivity contribution < 1.29 is 14.3 Å². The van der Waals surface area contributed by atoms with Gasteiger partial charge in [-0.3, -0.25) is 9.59 Å². The minimum absolute atomic E-state index is 0.130. The fourth-order valence-corrected chi connectivity index (χ4v) is 2.07. The van der Waals surface area contributed by atoms with E-state index in [1.807, 2.05) is 0 Å². The first-order valence-electron chi connectivity index (χ1n) is 6.11. The second-order valence-electron chi connectivity index (χ2n) is 4.27. The molecule has 1 heterocycles. The summed E-state index contributed by atoms with van der Waals surface area (Å²) in [6.07, 6.45) is 0. The lowest BCUT2D eigenvalue weighted by Gasteiger charge is -2.12. The molecule has 0 aliphatic rings. The van der Waals surface area contributed by atoms with E-state index < -0.39 is 11.8 Å². The van der Waals surface area contributed by atoms with Crippen LogP contribution in [-0.4, -0.2) is 28.9 Å². The van der Waals surface area contributed by atoms with Crippen molar-refractivity contribution in [2.45, 2.75) is 0 Å². The van der Waals surface area contributed by atoms with Crippen LogP contribution in [0.5, 0.6) is 5.75 Å². The van der Waals surface area contributed by atoms with Crippen LogP contribution in [0.15, 0.2) is 18.2 Å². The molecule has 0 aliphatic carbocycles. The van der Waals surface area contributed by atoms with E-state index >= 15 is 0 Å². The fourth-order valence-electron chi connectivity index (χ4n) is 1.73. The quantitative estimate of drug-likeness (QED) is 0.715. The highest BCUT2D eigenvalue weighted by atomic mass is 35.5. The zero-order valence-electron chi connectivity index (χ0n) is 11.8. The molecule has 10 heteroatoms. The predicted octanol–water partition coefficient (Wildman–Crippen LogP) is 1.73. The van der Waals surface area contributed by atoms with Gasteiger partial charge in [0.15, 0.2) is 5.69 Å². The van der Waals surface area contributed by atoms with Crippen molar-refractivity contribution in [2.75, 3.05) is 18.2 Å². The van der Waals surface area contributed by atoms with Crippen LogP contribution in [-0.2, 0) is 0 Å². The molecule has 2 rings (SSSR count). The SMILES string of the molecule is COc1ccc(C(N)=O)cc1NC(=O)c1nc(Cl)nc(N)c1Cl. The zero-order valence-corrected chi connectivity index (χ0v) is 13.3. The smallest absolute Gasteiger partial charge is 0.276 e. The monoisotopic (exact) mass is 355 g/mol. The third-order valence-corrected chi connectivity index (χ3v) is 3.34. The van der Waals surface area contributed by atoms with Crippen LogP contribution in [0.25, 0.3) is 0 Å². The van der Waals surface area contributed by atoms with Crippen molar-refractivity contribution in [3.63, 3.8) is 0 Å². The summed E-state index contributed by atoms with van der Waals surface area (Å²) in [7, 11) is 1.40. The first kappa shape index (κ1) is 16.8. The van der Waals surface area contributed by atoms with Gasteiger partial charge in [0, 0.05) is 5.56 Å². The van der Waals surface area contributed by atoms with Gasteiger partial charge in [-0.05, 0) is 29.8 Å². The molecule has 0 saturated carbocycles. The number of primary amides is 1. The molecule has 8 nitrogen and oxygen atoms in total.